The number of carboxylic acids is 1. The quantitative estimate of drug-likeness (QED) is 0.327. The molecule has 34 heavy (non-hydrogen) atoms. The topological polar surface area (TPSA) is 159 Å². The first kappa shape index (κ1) is 26.5. The van der Waals surface area contributed by atoms with Gasteiger partial charge in [0.05, 0.1) is 18.1 Å². The molecule has 0 aliphatic carbocycles. The van der Waals surface area contributed by atoms with Crippen molar-refractivity contribution in [3.8, 4) is 0 Å². The first-order valence-electron chi connectivity index (χ1n) is 11.1. The van der Waals surface area contributed by atoms with Crippen molar-refractivity contribution in [3.05, 3.63) is 46.0 Å². The molecule has 3 aliphatic heterocycles. The molecule has 3 aliphatic rings. The number of hydrogen-bond donors (Lipinski definition) is 5. The van der Waals surface area contributed by atoms with Crippen molar-refractivity contribution in [3.63, 3.8) is 0 Å². The van der Waals surface area contributed by atoms with Gasteiger partial charge in [0.15, 0.2) is 0 Å². The van der Waals surface area contributed by atoms with Gasteiger partial charge in [-0.05, 0) is 24.5 Å². The predicted molar refractivity (Wildman–Crippen MR) is 131 cm³/mol. The van der Waals surface area contributed by atoms with Crippen molar-refractivity contribution in [2.75, 3.05) is 6.54 Å². The zero-order chi connectivity index (χ0) is 24.0. The van der Waals surface area contributed by atoms with Crippen molar-refractivity contribution >= 4 is 42.0 Å². The number of nitrogens with two attached hydrogens (primary N) is 2. The highest BCUT2D eigenvalue weighted by Crippen LogP contribution is 2.52. The number of hydrogen-bond acceptors (Lipinski definition) is 7. The second kappa shape index (κ2) is 10.2. The van der Waals surface area contributed by atoms with E-state index in [1.54, 1.807) is 6.92 Å². The average Bonchev–Trinajstić information content (AvgIpc) is 3.30. The number of aliphatic hydroxyl groups excluding tert-OH is 1. The Hall–Kier alpha value is -2.11. The van der Waals surface area contributed by atoms with E-state index in [1.165, 1.54) is 16.7 Å². The van der Waals surface area contributed by atoms with Crippen LogP contribution in [0.5, 0.6) is 0 Å². The summed E-state index contributed by atoms with van der Waals surface area (Å²) in [6.07, 6.45) is 0.0890. The van der Waals surface area contributed by atoms with E-state index >= 15 is 0 Å². The van der Waals surface area contributed by atoms with Crippen LogP contribution in [-0.4, -0.2) is 56.8 Å². The van der Waals surface area contributed by atoms with E-state index in [9.17, 15) is 24.6 Å². The number of fused-ring (bicyclic) bond motifs is 1. The summed E-state index contributed by atoms with van der Waals surface area (Å²) >= 11 is 1.53. The van der Waals surface area contributed by atoms with Gasteiger partial charge in [0.1, 0.15) is 5.70 Å². The molecular weight excluding hydrogens is 480 g/mol. The Balaban J connectivity index is 0.00000324. The molecule has 0 bridgehead atoms. The van der Waals surface area contributed by atoms with E-state index in [4.69, 9.17) is 11.5 Å². The number of primary amides is 1. The zero-order valence-electron chi connectivity index (χ0n) is 19.0. The third-order valence-electron chi connectivity index (χ3n) is 6.88. The molecule has 2 saturated heterocycles. The second-order valence-corrected chi connectivity index (χ2v) is 10.5. The van der Waals surface area contributed by atoms with Gasteiger partial charge < -0.3 is 31.9 Å². The molecule has 0 radical (unpaired) electrons. The fourth-order valence-corrected chi connectivity index (χ4v) is 6.69. The molecule has 0 saturated carbocycles. The molecular formula is C23H31ClN4O5S. The fraction of sp³-hybridized carbons (Fsp3) is 0.522. The predicted octanol–water partition coefficient (Wildman–Crippen LogP) is 1.27. The Labute approximate surface area is 208 Å². The minimum atomic E-state index is -1.10. The SMILES string of the molecule is C[C@@H](O)[C@H]1C(=O)N2C(C(=O)O)=C(S[C@@H]3CN[C@@H](c4ccc([C@H](N)CC(N)=O)cc4)C3)[C@H](C)[C@H]12.Cl. The molecule has 0 spiro atoms. The van der Waals surface area contributed by atoms with E-state index < -0.39 is 29.9 Å². The Bertz CT molecular complexity index is 1000. The number of carbonyl (C=O) groups excluding carboxylic acids is 2. The maximum Gasteiger partial charge on any atom is 0.353 e. The first-order valence-corrected chi connectivity index (χ1v) is 12.0. The van der Waals surface area contributed by atoms with Crippen LogP contribution >= 0.6 is 24.2 Å². The van der Waals surface area contributed by atoms with Crippen molar-refractivity contribution in [2.45, 2.75) is 56.2 Å². The first-order chi connectivity index (χ1) is 15.6. The van der Waals surface area contributed by atoms with E-state index in [0.717, 1.165) is 17.5 Å². The van der Waals surface area contributed by atoms with Crippen molar-refractivity contribution < 1.29 is 24.6 Å². The highest BCUT2D eigenvalue weighted by Gasteiger charge is 2.60. The highest BCUT2D eigenvalue weighted by molar-refractivity contribution is 8.03. The van der Waals surface area contributed by atoms with Crippen LogP contribution in [0.15, 0.2) is 34.9 Å². The van der Waals surface area contributed by atoms with Crippen molar-refractivity contribution in [1.82, 2.24) is 10.2 Å². The Morgan fingerprint density at radius 2 is 1.94 bits per heavy atom. The van der Waals surface area contributed by atoms with Gasteiger partial charge in [0.25, 0.3) is 0 Å². The maximum atomic E-state index is 12.5. The Kier molecular flexibility index (Phi) is 7.99. The second-order valence-electron chi connectivity index (χ2n) is 9.15. The molecule has 0 unspecified atom stereocenters. The number of benzene rings is 1. The van der Waals surface area contributed by atoms with Crippen LogP contribution in [0.4, 0.5) is 0 Å². The lowest BCUT2D eigenvalue weighted by molar-refractivity contribution is -0.163. The monoisotopic (exact) mass is 510 g/mol. The third kappa shape index (κ3) is 4.70. The summed E-state index contributed by atoms with van der Waals surface area (Å²) in [7, 11) is 0. The van der Waals surface area contributed by atoms with Gasteiger partial charge in [-0.2, -0.15) is 0 Å². The summed E-state index contributed by atoms with van der Waals surface area (Å²) in [4.78, 5) is 37.7. The number of β-lactam (4-membered cyclic amide) rings is 1. The number of rotatable bonds is 8. The van der Waals surface area contributed by atoms with Crippen LogP contribution in [-0.2, 0) is 14.4 Å². The van der Waals surface area contributed by atoms with Crippen LogP contribution < -0.4 is 16.8 Å². The lowest BCUT2D eigenvalue weighted by atomic mass is 9.79. The Morgan fingerprint density at radius 1 is 1.29 bits per heavy atom. The number of carbonyl (C=O) groups is 3. The summed E-state index contributed by atoms with van der Waals surface area (Å²) in [5.41, 5.74) is 13.2. The minimum absolute atomic E-state index is 0. The van der Waals surface area contributed by atoms with Gasteiger partial charge in [-0.1, -0.05) is 31.2 Å². The number of aliphatic carboxylic acids is 1. The summed E-state index contributed by atoms with van der Waals surface area (Å²) in [5.74, 6) is -2.54. The molecule has 11 heteroatoms. The maximum absolute atomic E-state index is 12.5. The van der Waals surface area contributed by atoms with Crippen molar-refractivity contribution in [2.24, 2.45) is 23.3 Å². The van der Waals surface area contributed by atoms with Gasteiger partial charge in [0.2, 0.25) is 11.8 Å². The number of amides is 2. The number of aliphatic hydroxyl groups is 1. The lowest BCUT2D eigenvalue weighted by Gasteiger charge is -2.46. The lowest BCUT2D eigenvalue weighted by Crippen LogP contribution is -2.63. The van der Waals surface area contributed by atoms with Crippen LogP contribution in [0.1, 0.15) is 49.9 Å². The smallest absolute Gasteiger partial charge is 0.353 e. The van der Waals surface area contributed by atoms with Crippen LogP contribution in [0.25, 0.3) is 0 Å². The molecule has 9 nitrogen and oxygen atoms in total. The molecule has 186 valence electrons. The largest absolute Gasteiger partial charge is 0.477 e. The number of carboxylic acid groups (broad SMARTS) is 1. The average molecular weight is 511 g/mol. The Morgan fingerprint density at radius 3 is 2.50 bits per heavy atom. The van der Waals surface area contributed by atoms with Gasteiger partial charge in [0, 0.05) is 41.1 Å². The zero-order valence-corrected chi connectivity index (χ0v) is 20.6. The van der Waals surface area contributed by atoms with Gasteiger partial charge in [-0.3, -0.25) is 9.59 Å². The normalized spacial score (nSPS) is 29.8. The van der Waals surface area contributed by atoms with Gasteiger partial charge in [-0.15, -0.1) is 24.2 Å². The van der Waals surface area contributed by atoms with E-state index in [2.05, 4.69) is 5.32 Å². The minimum Gasteiger partial charge on any atom is -0.477 e. The fourth-order valence-electron chi connectivity index (χ4n) is 5.22. The van der Waals surface area contributed by atoms with E-state index in [1.807, 2.05) is 31.2 Å². The van der Waals surface area contributed by atoms with E-state index in [0.29, 0.717) is 11.4 Å². The standard InChI is InChI=1S/C23H30N4O5S.ClH/c1-10-19-18(11(2)28)22(30)27(19)20(23(31)32)21(10)33-14-7-16(26-9-14)13-5-3-12(4-6-13)15(24)8-17(25)29;/h3-6,10-11,14-16,18-19,26,28H,7-9,24H2,1-2H3,(H2,25,29)(H,31,32);1H/t10-,11-,14+,15-,16-,18-,19-;/m1./s1. The molecule has 1 aromatic carbocycles. The summed E-state index contributed by atoms with van der Waals surface area (Å²) in [6, 6.07) is 7.16. The molecule has 2 amide bonds. The molecule has 7 N–H and O–H groups in total. The molecule has 7 atom stereocenters. The number of thioether (sulfide) groups is 1. The van der Waals surface area contributed by atoms with Gasteiger partial charge >= 0.3 is 5.97 Å². The van der Waals surface area contributed by atoms with Crippen LogP contribution in [0, 0.1) is 11.8 Å². The molecule has 3 heterocycles. The third-order valence-corrected chi connectivity index (χ3v) is 8.39. The van der Waals surface area contributed by atoms with E-state index in [-0.39, 0.29) is 53.7 Å². The molecule has 1 aromatic rings. The van der Waals surface area contributed by atoms with Crippen LogP contribution in [0.3, 0.4) is 0 Å². The summed E-state index contributed by atoms with van der Waals surface area (Å²) in [6.45, 7) is 4.22. The summed E-state index contributed by atoms with van der Waals surface area (Å²) < 4.78 is 0. The van der Waals surface area contributed by atoms with Crippen molar-refractivity contribution in [1.29, 1.82) is 0 Å². The van der Waals surface area contributed by atoms with Gasteiger partial charge in [-0.25, -0.2) is 4.79 Å². The highest BCUT2D eigenvalue weighted by atomic mass is 35.5. The van der Waals surface area contributed by atoms with Crippen LogP contribution in [0.2, 0.25) is 0 Å². The summed E-state index contributed by atoms with van der Waals surface area (Å²) in [5, 5.41) is 23.5. The molecule has 0 aromatic heterocycles. The number of halogens is 1. The number of nitrogens with one attached hydrogen (secondary N) is 1. The number of nitrogens with zero attached hydrogens (tertiary/aromatic N) is 1. The molecule has 4 rings (SSSR count). The molecule has 2 fully saturated rings.